The smallest absolute Gasteiger partial charge is 0.306 e. The van der Waals surface area contributed by atoms with Crippen LogP contribution >= 0.6 is 8.86 Å². The van der Waals surface area contributed by atoms with Crippen molar-refractivity contribution >= 4 is 20.9 Å². The Morgan fingerprint density at radius 3 is 1.71 bits per heavy atom. The Balaban J connectivity index is 5.42. The SMILES string of the molecule is CC(C)(OC(F)(F)C=P)C(F)(C=O)C(F)(F)F. The molecule has 1 unspecified atom stereocenters. The van der Waals surface area contributed by atoms with Crippen molar-refractivity contribution in [3.63, 3.8) is 0 Å². The van der Waals surface area contributed by atoms with Crippen molar-refractivity contribution in [3.8, 4) is 0 Å². The van der Waals surface area contributed by atoms with Crippen LogP contribution in [0.5, 0.6) is 0 Å². The van der Waals surface area contributed by atoms with Gasteiger partial charge in [-0.25, -0.2) is 4.39 Å². The molecule has 0 amide bonds. The third-order valence-electron chi connectivity index (χ3n) is 2.01. The summed E-state index contributed by atoms with van der Waals surface area (Å²) in [7, 11) is 2.22. The van der Waals surface area contributed by atoms with Crippen LogP contribution in [0.3, 0.4) is 0 Å². The predicted octanol–water partition coefficient (Wildman–Crippen LogP) is 2.79. The van der Waals surface area contributed by atoms with Crippen molar-refractivity contribution in [3.05, 3.63) is 0 Å². The van der Waals surface area contributed by atoms with Gasteiger partial charge in [0.25, 0.3) is 5.67 Å². The van der Waals surface area contributed by atoms with Crippen LogP contribution in [-0.4, -0.2) is 35.6 Å². The van der Waals surface area contributed by atoms with Crippen molar-refractivity contribution in [2.45, 2.75) is 37.4 Å². The van der Waals surface area contributed by atoms with E-state index in [9.17, 15) is 31.1 Å². The first-order chi connectivity index (χ1) is 7.33. The Hall–Kier alpha value is -0.620. The maximum atomic E-state index is 13.5. The number of hydrogen-bond acceptors (Lipinski definition) is 2. The van der Waals surface area contributed by atoms with Crippen molar-refractivity contribution in [2.24, 2.45) is 0 Å². The van der Waals surface area contributed by atoms with E-state index in [0.717, 1.165) is 0 Å². The fourth-order valence-corrected chi connectivity index (χ4v) is 1.05. The minimum Gasteiger partial charge on any atom is -0.306 e. The van der Waals surface area contributed by atoms with Gasteiger partial charge in [-0.15, -0.1) is 8.86 Å². The zero-order valence-electron chi connectivity index (χ0n) is 8.74. The van der Waals surface area contributed by atoms with Gasteiger partial charge in [0, 0.05) is 5.80 Å². The molecule has 100 valence electrons. The van der Waals surface area contributed by atoms with Gasteiger partial charge >= 0.3 is 12.3 Å². The van der Waals surface area contributed by atoms with E-state index in [1.807, 2.05) is 0 Å². The van der Waals surface area contributed by atoms with Crippen molar-refractivity contribution in [1.82, 2.24) is 0 Å². The van der Waals surface area contributed by atoms with Crippen LogP contribution in [0.1, 0.15) is 13.8 Å². The monoisotopic (exact) mass is 282 g/mol. The van der Waals surface area contributed by atoms with Gasteiger partial charge in [-0.2, -0.15) is 22.0 Å². The minimum absolute atomic E-state index is 0.0453. The molecule has 0 aliphatic heterocycles. The maximum Gasteiger partial charge on any atom is 0.432 e. The topological polar surface area (TPSA) is 26.3 Å². The summed E-state index contributed by atoms with van der Waals surface area (Å²) in [6.45, 7) is 0.803. The Morgan fingerprint density at radius 2 is 1.47 bits per heavy atom. The first-order valence-electron chi connectivity index (χ1n) is 4.14. The molecule has 0 aliphatic rings. The van der Waals surface area contributed by atoms with E-state index in [1.165, 1.54) is 0 Å². The highest BCUT2D eigenvalue weighted by molar-refractivity contribution is 7.18. The number of halogens is 6. The largest absolute Gasteiger partial charge is 0.432 e. The highest BCUT2D eigenvalue weighted by Gasteiger charge is 2.67. The number of carbonyl (C=O) groups excluding carboxylic acids is 1. The zero-order valence-corrected chi connectivity index (χ0v) is 9.74. The molecule has 0 aromatic rings. The van der Waals surface area contributed by atoms with Gasteiger partial charge in [0.1, 0.15) is 5.60 Å². The lowest BCUT2D eigenvalue weighted by Gasteiger charge is -2.38. The summed E-state index contributed by atoms with van der Waals surface area (Å²) in [6, 6.07) is 0. The Labute approximate surface area is 95.2 Å². The van der Waals surface area contributed by atoms with E-state index in [1.54, 1.807) is 0 Å². The summed E-state index contributed by atoms with van der Waals surface area (Å²) in [4.78, 5) is 10.3. The van der Waals surface area contributed by atoms with Gasteiger partial charge in [0.2, 0.25) is 0 Å². The van der Waals surface area contributed by atoms with Crippen LogP contribution in [0.25, 0.3) is 0 Å². The fourth-order valence-electron chi connectivity index (χ4n) is 0.994. The second-order valence-electron chi connectivity index (χ2n) is 3.65. The average Bonchev–Trinajstić information content (AvgIpc) is 2.12. The third kappa shape index (κ3) is 3.19. The van der Waals surface area contributed by atoms with Crippen molar-refractivity contribution < 1.29 is 35.9 Å². The summed E-state index contributed by atoms with van der Waals surface area (Å²) < 4.78 is 79.6. The molecule has 0 saturated carbocycles. The van der Waals surface area contributed by atoms with Crippen LogP contribution in [-0.2, 0) is 9.53 Å². The highest BCUT2D eigenvalue weighted by atomic mass is 31.0. The van der Waals surface area contributed by atoms with Crippen molar-refractivity contribution in [2.75, 3.05) is 0 Å². The Kier molecular flexibility index (Phi) is 4.40. The summed E-state index contributed by atoms with van der Waals surface area (Å²) in [5, 5.41) is 0. The van der Waals surface area contributed by atoms with Gasteiger partial charge in [-0.05, 0) is 13.8 Å². The molecule has 0 aliphatic carbocycles. The van der Waals surface area contributed by atoms with Crippen LogP contribution in [0.15, 0.2) is 0 Å². The molecule has 0 saturated heterocycles. The van der Waals surface area contributed by atoms with E-state index in [2.05, 4.69) is 13.6 Å². The number of carbonyl (C=O) groups is 1. The van der Waals surface area contributed by atoms with Gasteiger partial charge < -0.3 is 4.74 Å². The summed E-state index contributed by atoms with van der Waals surface area (Å²) in [5.74, 6) is -0.0453. The van der Waals surface area contributed by atoms with Crippen LogP contribution in [0, 0.1) is 0 Å². The standard InChI is InChI=1S/C8H9F6O2P/c1-5(2,16-7(10,11)4-17)6(9,3-15)8(12,13)14/h3-4,17H,1-2H3. The molecule has 0 fully saturated rings. The summed E-state index contributed by atoms with van der Waals surface area (Å²) in [5.41, 5.74) is -7.64. The minimum atomic E-state index is -5.67. The number of ether oxygens (including phenoxy) is 1. The van der Waals surface area contributed by atoms with Gasteiger partial charge in [0.05, 0.1) is 0 Å². The molecule has 0 heterocycles. The van der Waals surface area contributed by atoms with E-state index in [0.29, 0.717) is 13.8 Å². The van der Waals surface area contributed by atoms with E-state index >= 15 is 0 Å². The molecule has 0 radical (unpaired) electrons. The normalized spacial score (nSPS) is 17.4. The molecule has 1 atom stereocenters. The van der Waals surface area contributed by atoms with Crippen LogP contribution < -0.4 is 0 Å². The lowest BCUT2D eigenvalue weighted by atomic mass is 9.88. The molecule has 2 nitrogen and oxygen atoms in total. The molecule has 0 aromatic carbocycles. The van der Waals surface area contributed by atoms with Gasteiger partial charge in [0.15, 0.2) is 6.29 Å². The number of alkyl halides is 6. The van der Waals surface area contributed by atoms with E-state index < -0.39 is 29.8 Å². The summed E-state index contributed by atoms with van der Waals surface area (Å²) in [6.07, 6.45) is -10.9. The Morgan fingerprint density at radius 1 is 1.06 bits per heavy atom. The van der Waals surface area contributed by atoms with Gasteiger partial charge in [-0.1, -0.05) is 0 Å². The molecular weight excluding hydrogens is 273 g/mol. The number of aldehydes is 1. The second kappa shape index (κ2) is 4.57. The summed E-state index contributed by atoms with van der Waals surface area (Å²) >= 11 is 0. The second-order valence-corrected chi connectivity index (χ2v) is 3.93. The van der Waals surface area contributed by atoms with E-state index in [-0.39, 0.29) is 5.80 Å². The molecule has 0 rings (SSSR count). The van der Waals surface area contributed by atoms with E-state index in [4.69, 9.17) is 0 Å². The van der Waals surface area contributed by atoms with Crippen molar-refractivity contribution in [1.29, 1.82) is 0 Å². The average molecular weight is 282 g/mol. The number of rotatable bonds is 5. The highest BCUT2D eigenvalue weighted by Crippen LogP contribution is 2.44. The molecule has 0 spiro atoms. The van der Waals surface area contributed by atoms with Crippen LogP contribution in [0.4, 0.5) is 26.3 Å². The number of hydrogen-bond donors (Lipinski definition) is 0. The molecule has 9 heteroatoms. The zero-order chi connectivity index (χ0) is 14.1. The molecular formula is C8H9F6O2P. The van der Waals surface area contributed by atoms with Gasteiger partial charge in [-0.3, -0.25) is 4.79 Å². The fraction of sp³-hybridized carbons (Fsp3) is 0.750. The first kappa shape index (κ1) is 16.4. The molecule has 0 aromatic heterocycles. The first-order valence-corrected chi connectivity index (χ1v) is 4.72. The molecule has 17 heavy (non-hydrogen) atoms. The maximum absolute atomic E-state index is 13.5. The lowest BCUT2D eigenvalue weighted by Crippen LogP contribution is -2.61. The molecule has 0 N–H and O–H groups in total. The quantitative estimate of drug-likeness (QED) is 0.440. The third-order valence-corrected chi connectivity index (χ3v) is 2.35. The Bertz CT molecular complexity index is 314. The van der Waals surface area contributed by atoms with Crippen LogP contribution in [0.2, 0.25) is 0 Å². The lowest BCUT2D eigenvalue weighted by molar-refractivity contribution is -0.319. The molecule has 0 bridgehead atoms. The predicted molar refractivity (Wildman–Crippen MR) is 50.4 cm³/mol.